The molecular weight excluding hydrogens is 278 g/mol. The molecule has 0 radical (unpaired) electrons. The molecule has 0 saturated carbocycles. The van der Waals surface area contributed by atoms with Gasteiger partial charge in [-0.2, -0.15) is 0 Å². The molecule has 0 aliphatic carbocycles. The number of halogens is 1. The van der Waals surface area contributed by atoms with E-state index in [0.717, 1.165) is 6.26 Å². The number of hydrogen-bond acceptors (Lipinski definition) is 4. The third-order valence-electron chi connectivity index (χ3n) is 1.83. The van der Waals surface area contributed by atoms with Gasteiger partial charge in [0.2, 0.25) is 15.9 Å². The molecule has 0 heterocycles. The second-order valence-corrected chi connectivity index (χ2v) is 5.25. The van der Waals surface area contributed by atoms with Crippen LogP contribution in [0.25, 0.3) is 0 Å². The highest BCUT2D eigenvalue weighted by Gasteiger charge is 2.08. The number of hydrogen-bond donors (Lipinski definition) is 3. The predicted molar refractivity (Wildman–Crippen MR) is 74.7 cm³/mol. The summed E-state index contributed by atoms with van der Waals surface area (Å²) in [5.41, 5.74) is 0.776. The third-order valence-corrected chi connectivity index (χ3v) is 2.42. The van der Waals surface area contributed by atoms with Crippen molar-refractivity contribution in [1.82, 2.24) is 5.32 Å². The molecule has 0 fully saturated rings. The molecule has 8 heteroatoms. The van der Waals surface area contributed by atoms with Gasteiger partial charge in [-0.15, -0.1) is 12.4 Å². The topological polar surface area (TPSA) is 87.3 Å². The van der Waals surface area contributed by atoms with Crippen LogP contribution in [0.5, 0.6) is 0 Å². The lowest BCUT2D eigenvalue weighted by molar-refractivity contribution is -0.115. The van der Waals surface area contributed by atoms with Crippen LogP contribution < -0.4 is 15.4 Å². The molecule has 0 saturated heterocycles. The zero-order chi connectivity index (χ0) is 12.9. The second-order valence-electron chi connectivity index (χ2n) is 3.50. The molecule has 6 nitrogen and oxygen atoms in total. The maximum Gasteiger partial charge on any atom is 0.238 e. The molecule has 0 atom stereocenters. The fraction of sp³-hybridized carbons (Fsp3) is 0.300. The highest BCUT2D eigenvalue weighted by molar-refractivity contribution is 7.92. The van der Waals surface area contributed by atoms with Crippen molar-refractivity contribution in [2.45, 2.75) is 0 Å². The first-order chi connectivity index (χ1) is 7.92. The van der Waals surface area contributed by atoms with E-state index in [0.29, 0.717) is 11.4 Å². The fourth-order valence-corrected chi connectivity index (χ4v) is 1.81. The molecule has 1 aromatic carbocycles. The number of para-hydroxylation sites is 2. The van der Waals surface area contributed by atoms with Gasteiger partial charge in [0.25, 0.3) is 0 Å². The Morgan fingerprint density at radius 1 is 1.22 bits per heavy atom. The van der Waals surface area contributed by atoms with Crippen LogP contribution in [0, 0.1) is 0 Å². The third kappa shape index (κ3) is 5.85. The SMILES string of the molecule is CNCC(=O)Nc1ccccc1NS(C)(=O)=O.Cl. The molecule has 3 N–H and O–H groups in total. The largest absolute Gasteiger partial charge is 0.323 e. The van der Waals surface area contributed by atoms with Gasteiger partial charge in [0.15, 0.2) is 0 Å². The van der Waals surface area contributed by atoms with Gasteiger partial charge < -0.3 is 10.6 Å². The number of nitrogens with one attached hydrogen (secondary N) is 3. The molecule has 0 aromatic heterocycles. The van der Waals surface area contributed by atoms with Crippen LogP contribution in [-0.4, -0.2) is 34.2 Å². The maximum absolute atomic E-state index is 11.4. The zero-order valence-electron chi connectivity index (χ0n) is 10.1. The number of benzene rings is 1. The number of sulfonamides is 1. The minimum Gasteiger partial charge on any atom is -0.323 e. The summed E-state index contributed by atoms with van der Waals surface area (Å²) in [6, 6.07) is 6.60. The van der Waals surface area contributed by atoms with E-state index in [1.54, 1.807) is 31.3 Å². The van der Waals surface area contributed by atoms with E-state index < -0.39 is 10.0 Å². The van der Waals surface area contributed by atoms with Gasteiger partial charge in [0, 0.05) is 0 Å². The quantitative estimate of drug-likeness (QED) is 0.743. The van der Waals surface area contributed by atoms with E-state index >= 15 is 0 Å². The molecular formula is C10H16ClN3O3S. The summed E-state index contributed by atoms with van der Waals surface area (Å²) in [7, 11) is -1.71. The van der Waals surface area contributed by atoms with Crippen molar-refractivity contribution in [3.05, 3.63) is 24.3 Å². The van der Waals surface area contributed by atoms with Crippen molar-refractivity contribution in [3.63, 3.8) is 0 Å². The van der Waals surface area contributed by atoms with E-state index in [1.165, 1.54) is 0 Å². The summed E-state index contributed by atoms with van der Waals surface area (Å²) in [4.78, 5) is 11.4. The summed E-state index contributed by atoms with van der Waals surface area (Å²) in [6.45, 7) is 0.160. The van der Waals surface area contributed by atoms with Crippen molar-refractivity contribution >= 4 is 39.7 Å². The van der Waals surface area contributed by atoms with Crippen molar-refractivity contribution in [3.8, 4) is 0 Å². The Labute approximate surface area is 113 Å². The Morgan fingerprint density at radius 2 is 1.78 bits per heavy atom. The van der Waals surface area contributed by atoms with E-state index in [4.69, 9.17) is 0 Å². The van der Waals surface area contributed by atoms with Crippen LogP contribution in [0.3, 0.4) is 0 Å². The van der Waals surface area contributed by atoms with Crippen LogP contribution >= 0.6 is 12.4 Å². The van der Waals surface area contributed by atoms with Crippen LogP contribution in [-0.2, 0) is 14.8 Å². The Bertz CT molecular complexity index is 505. The van der Waals surface area contributed by atoms with Crippen molar-refractivity contribution < 1.29 is 13.2 Å². The lowest BCUT2D eigenvalue weighted by Gasteiger charge is -2.11. The van der Waals surface area contributed by atoms with Gasteiger partial charge in [-0.1, -0.05) is 12.1 Å². The molecule has 102 valence electrons. The number of anilines is 2. The second kappa shape index (κ2) is 7.20. The Hall–Kier alpha value is -1.31. The minimum absolute atomic E-state index is 0. The maximum atomic E-state index is 11.4. The number of carbonyl (C=O) groups is 1. The highest BCUT2D eigenvalue weighted by atomic mass is 35.5. The minimum atomic E-state index is -3.36. The first kappa shape index (κ1) is 16.7. The first-order valence-electron chi connectivity index (χ1n) is 4.93. The number of amides is 1. The molecule has 0 bridgehead atoms. The lowest BCUT2D eigenvalue weighted by atomic mass is 10.2. The molecule has 18 heavy (non-hydrogen) atoms. The molecule has 0 aliphatic heterocycles. The lowest BCUT2D eigenvalue weighted by Crippen LogP contribution is -2.25. The Kier molecular flexibility index (Phi) is 6.67. The Balaban J connectivity index is 0.00000289. The van der Waals surface area contributed by atoms with Crippen LogP contribution in [0.4, 0.5) is 11.4 Å². The number of carbonyl (C=O) groups excluding carboxylic acids is 1. The van der Waals surface area contributed by atoms with Crippen molar-refractivity contribution in [1.29, 1.82) is 0 Å². The summed E-state index contributed by atoms with van der Waals surface area (Å²) in [6.07, 6.45) is 1.05. The molecule has 0 spiro atoms. The fourth-order valence-electron chi connectivity index (χ4n) is 1.24. The monoisotopic (exact) mass is 293 g/mol. The molecule has 0 aliphatic rings. The molecule has 1 aromatic rings. The summed E-state index contributed by atoms with van der Waals surface area (Å²) < 4.78 is 24.6. The predicted octanol–water partition coefficient (Wildman–Crippen LogP) is 0.638. The Morgan fingerprint density at radius 3 is 2.28 bits per heavy atom. The summed E-state index contributed by atoms with van der Waals surface area (Å²) in [5.74, 6) is -0.241. The van der Waals surface area contributed by atoms with Gasteiger partial charge in [-0.3, -0.25) is 9.52 Å². The van der Waals surface area contributed by atoms with Crippen LogP contribution in [0.15, 0.2) is 24.3 Å². The highest BCUT2D eigenvalue weighted by Crippen LogP contribution is 2.21. The van der Waals surface area contributed by atoms with Gasteiger partial charge in [-0.25, -0.2) is 8.42 Å². The smallest absolute Gasteiger partial charge is 0.238 e. The average Bonchev–Trinajstić information content (AvgIpc) is 2.19. The zero-order valence-corrected chi connectivity index (χ0v) is 11.7. The first-order valence-corrected chi connectivity index (χ1v) is 6.83. The van der Waals surface area contributed by atoms with E-state index in [2.05, 4.69) is 15.4 Å². The van der Waals surface area contributed by atoms with Crippen LogP contribution in [0.1, 0.15) is 0 Å². The van der Waals surface area contributed by atoms with Crippen molar-refractivity contribution in [2.24, 2.45) is 0 Å². The number of rotatable bonds is 5. The molecule has 1 rings (SSSR count). The molecule has 1 amide bonds. The van der Waals surface area contributed by atoms with Gasteiger partial charge in [0.1, 0.15) is 0 Å². The number of likely N-dealkylation sites (N-methyl/N-ethyl adjacent to an activating group) is 1. The summed E-state index contributed by atoms with van der Waals surface area (Å²) >= 11 is 0. The van der Waals surface area contributed by atoms with Gasteiger partial charge >= 0.3 is 0 Å². The van der Waals surface area contributed by atoms with E-state index in [9.17, 15) is 13.2 Å². The van der Waals surface area contributed by atoms with E-state index in [-0.39, 0.29) is 24.9 Å². The van der Waals surface area contributed by atoms with E-state index in [1.807, 2.05) is 0 Å². The van der Waals surface area contributed by atoms with Gasteiger partial charge in [-0.05, 0) is 19.2 Å². The van der Waals surface area contributed by atoms with Gasteiger partial charge in [0.05, 0.1) is 24.2 Å². The van der Waals surface area contributed by atoms with Crippen LogP contribution in [0.2, 0.25) is 0 Å². The average molecular weight is 294 g/mol. The normalized spacial score (nSPS) is 10.3. The van der Waals surface area contributed by atoms with Crippen molar-refractivity contribution in [2.75, 3.05) is 29.9 Å². The standard InChI is InChI=1S/C10H15N3O3S.ClH/c1-11-7-10(14)12-8-5-3-4-6-9(8)13-17(2,15)16;/h3-6,11,13H,7H2,1-2H3,(H,12,14);1H. The summed E-state index contributed by atoms with van der Waals surface area (Å²) in [5, 5.41) is 5.31. The molecule has 0 unspecified atom stereocenters.